The van der Waals surface area contributed by atoms with E-state index in [2.05, 4.69) is 202 Å². The molecular formula is C71H99N3O5. The first-order valence-electron chi connectivity index (χ1n) is 29.3. The highest BCUT2D eigenvalue weighted by molar-refractivity contribution is 5.95. The Hall–Kier alpha value is -5.89. The van der Waals surface area contributed by atoms with E-state index in [1.54, 1.807) is 6.20 Å². The number of hydrogen-bond donors (Lipinski definition) is 3. The first kappa shape index (κ1) is 62.3. The van der Waals surface area contributed by atoms with Gasteiger partial charge in [-0.05, 0) is 140 Å². The Balaban J connectivity index is 1.10. The highest BCUT2D eigenvalue weighted by Gasteiger charge is 2.32. The van der Waals surface area contributed by atoms with Crippen molar-refractivity contribution >= 4 is 17.3 Å². The predicted molar refractivity (Wildman–Crippen MR) is 329 cm³/mol. The number of ketones is 3. The first-order chi connectivity index (χ1) is 36.5. The second kappa shape index (κ2) is 24.5. The van der Waals surface area contributed by atoms with Crippen molar-refractivity contribution in [3.63, 3.8) is 0 Å². The quantitative estimate of drug-likeness (QED) is 0.0553. The summed E-state index contributed by atoms with van der Waals surface area (Å²) in [5, 5.41) is 0. The van der Waals surface area contributed by atoms with Crippen molar-refractivity contribution in [1.82, 2.24) is 15.0 Å². The number of carbonyl (C=O) groups excluding carboxylic acids is 3. The molecule has 0 saturated heterocycles. The Morgan fingerprint density at radius 3 is 1.38 bits per heavy atom. The van der Waals surface area contributed by atoms with Crippen LogP contribution in [-0.2, 0) is 64.6 Å². The number of ether oxygens (including phenoxy) is 2. The number of Topliss-reactive ketones (excluding diaryl/α,β-unsaturated/α-hetero) is 3. The topological polar surface area (TPSA) is 117 Å². The molecule has 0 aliphatic heterocycles. The molecule has 8 heteroatoms. The molecular weight excluding hydrogens is 975 g/mol. The largest absolute Gasteiger partial charge is 0.493 e. The molecule has 1 atom stereocenters. The number of rotatable bonds is 23. The highest BCUT2D eigenvalue weighted by atomic mass is 16.5. The number of aromatic nitrogens is 3. The fraction of sp³-hybridized carbons (Fsp3) is 0.535. The van der Waals surface area contributed by atoms with Crippen molar-refractivity contribution in [2.24, 2.45) is 11.8 Å². The first-order valence-corrected chi connectivity index (χ1v) is 29.3. The van der Waals surface area contributed by atoms with Crippen LogP contribution in [0.4, 0.5) is 0 Å². The molecule has 0 radical (unpaired) electrons. The molecule has 6 rings (SSSR count). The van der Waals surface area contributed by atoms with Crippen LogP contribution < -0.4 is 9.47 Å². The Bertz CT molecular complexity index is 2980. The number of carbonyl (C=O) groups is 3. The maximum absolute atomic E-state index is 14.0. The molecule has 0 aliphatic rings. The van der Waals surface area contributed by atoms with Crippen LogP contribution in [0, 0.1) is 11.8 Å². The van der Waals surface area contributed by atoms with Gasteiger partial charge < -0.3 is 24.4 Å². The van der Waals surface area contributed by atoms with E-state index >= 15 is 0 Å². The van der Waals surface area contributed by atoms with Gasteiger partial charge in [0.25, 0.3) is 0 Å². The van der Waals surface area contributed by atoms with Gasteiger partial charge in [-0.3, -0.25) is 14.4 Å². The molecule has 0 aliphatic carbocycles. The predicted octanol–water partition coefficient (Wildman–Crippen LogP) is 17.4. The Morgan fingerprint density at radius 1 is 0.468 bits per heavy atom. The number of hydrogen-bond acceptors (Lipinski definition) is 5. The van der Waals surface area contributed by atoms with Gasteiger partial charge in [-0.1, -0.05) is 181 Å². The van der Waals surface area contributed by atoms with Gasteiger partial charge in [-0.2, -0.15) is 0 Å². The fourth-order valence-electron chi connectivity index (χ4n) is 10.5. The molecule has 0 amide bonds. The highest BCUT2D eigenvalue weighted by Crippen LogP contribution is 2.43. The Morgan fingerprint density at radius 2 is 0.924 bits per heavy atom. The summed E-state index contributed by atoms with van der Waals surface area (Å²) in [6.45, 7) is 45.8. The number of aryl methyl sites for hydroxylation is 3. The zero-order chi connectivity index (χ0) is 58.6. The van der Waals surface area contributed by atoms with Gasteiger partial charge in [-0.15, -0.1) is 0 Å². The van der Waals surface area contributed by atoms with Crippen LogP contribution >= 0.6 is 0 Å². The lowest BCUT2D eigenvalue weighted by Crippen LogP contribution is -2.23. The average molecular weight is 1070 g/mol. The molecule has 1 unspecified atom stereocenters. The molecule has 3 aromatic carbocycles. The van der Waals surface area contributed by atoms with Crippen molar-refractivity contribution in [2.45, 2.75) is 222 Å². The summed E-state index contributed by atoms with van der Waals surface area (Å²) in [5.74, 6) is 2.83. The standard InChI is InChI=1S/C71H99N3O5/c1-45(2)43-78-64-54(67(7,8)9)35-49(36-55(64)68(10,11)12)25-30-63(77)60-39-50(42-73-60)32-46(3)44-79-65-56(69(13,14)15)37-48(38-57(65)70(16,17)18)24-29-62(76)59-27-26-53(74-59)41-71(19,20)52-34-47(33-51(40-52)66(4,5)6)23-28-61(75)58-22-21-31-72-58/h21-22,26-27,31,33-40,42,45-46,72-74H,23-25,28-30,32,41,43-44H2,1-20H3. The smallest absolute Gasteiger partial charge is 0.179 e. The van der Waals surface area contributed by atoms with Gasteiger partial charge in [0.15, 0.2) is 17.3 Å². The monoisotopic (exact) mass is 1070 g/mol. The fourth-order valence-corrected chi connectivity index (χ4v) is 10.5. The molecule has 428 valence electrons. The molecule has 3 heterocycles. The lowest BCUT2D eigenvalue weighted by atomic mass is 9.76. The molecule has 3 aromatic heterocycles. The van der Waals surface area contributed by atoms with Crippen LogP contribution in [0.25, 0.3) is 0 Å². The molecule has 0 fully saturated rings. The third-order valence-corrected chi connectivity index (χ3v) is 15.4. The van der Waals surface area contributed by atoms with Crippen LogP contribution in [-0.4, -0.2) is 45.5 Å². The maximum atomic E-state index is 14.0. The van der Waals surface area contributed by atoms with Crippen molar-refractivity contribution in [2.75, 3.05) is 13.2 Å². The van der Waals surface area contributed by atoms with E-state index in [1.165, 1.54) is 22.3 Å². The van der Waals surface area contributed by atoms with E-state index in [0.29, 0.717) is 74.7 Å². The maximum Gasteiger partial charge on any atom is 0.179 e. The van der Waals surface area contributed by atoms with Crippen LogP contribution in [0.15, 0.2) is 85.2 Å². The van der Waals surface area contributed by atoms with Crippen LogP contribution in [0.5, 0.6) is 11.5 Å². The molecule has 79 heavy (non-hydrogen) atoms. The van der Waals surface area contributed by atoms with Crippen LogP contribution in [0.2, 0.25) is 0 Å². The van der Waals surface area contributed by atoms with Gasteiger partial charge in [-0.25, -0.2) is 0 Å². The van der Waals surface area contributed by atoms with Crippen molar-refractivity contribution < 1.29 is 23.9 Å². The number of H-pyrrole nitrogens is 3. The number of nitrogens with one attached hydrogen (secondary N) is 3. The van der Waals surface area contributed by atoms with E-state index < -0.39 is 0 Å². The summed E-state index contributed by atoms with van der Waals surface area (Å²) in [7, 11) is 0. The van der Waals surface area contributed by atoms with Gasteiger partial charge >= 0.3 is 0 Å². The van der Waals surface area contributed by atoms with E-state index in [9.17, 15) is 14.4 Å². The average Bonchev–Trinajstić information content (AvgIpc) is 4.19. The summed E-state index contributed by atoms with van der Waals surface area (Å²) in [4.78, 5) is 50.5. The van der Waals surface area contributed by atoms with Gasteiger partial charge in [0.2, 0.25) is 0 Å². The third-order valence-electron chi connectivity index (χ3n) is 15.4. The lowest BCUT2D eigenvalue weighted by Gasteiger charge is -2.31. The minimum atomic E-state index is -0.238. The zero-order valence-electron chi connectivity index (χ0n) is 52.3. The second-order valence-corrected chi connectivity index (χ2v) is 29.3. The summed E-state index contributed by atoms with van der Waals surface area (Å²) >= 11 is 0. The van der Waals surface area contributed by atoms with E-state index in [4.69, 9.17) is 9.47 Å². The molecule has 8 nitrogen and oxygen atoms in total. The van der Waals surface area contributed by atoms with Crippen molar-refractivity contribution in [1.29, 1.82) is 0 Å². The van der Waals surface area contributed by atoms with Gasteiger partial charge in [0, 0.05) is 59.6 Å². The van der Waals surface area contributed by atoms with Crippen molar-refractivity contribution in [3.05, 3.63) is 164 Å². The normalized spacial score (nSPS) is 13.3. The zero-order valence-corrected chi connectivity index (χ0v) is 52.3. The molecule has 0 saturated carbocycles. The van der Waals surface area contributed by atoms with Crippen molar-refractivity contribution in [3.8, 4) is 11.5 Å². The summed E-state index contributed by atoms with van der Waals surface area (Å²) < 4.78 is 13.4. The van der Waals surface area contributed by atoms with Crippen LogP contribution in [0.3, 0.4) is 0 Å². The summed E-state index contributed by atoms with van der Waals surface area (Å²) in [6.07, 6.45) is 8.44. The Labute approximate surface area is 476 Å². The SMILES string of the molecule is CC(C)COc1c(C(C)(C)C)cc(CCC(=O)c2cc(CC(C)COc3c(C(C)(C)C)cc(CCC(=O)c4ccc(CC(C)(C)c5cc(CCC(=O)c6ccc[nH]6)cc(C(C)(C)C)c5)[nH]4)cc3C(C)(C)C)c[nH]2)cc1C(C)(C)C. The molecule has 0 bridgehead atoms. The van der Waals surface area contributed by atoms with E-state index in [-0.39, 0.29) is 55.8 Å². The number of benzene rings is 3. The lowest BCUT2D eigenvalue weighted by molar-refractivity contribution is 0.0970. The summed E-state index contributed by atoms with van der Waals surface area (Å²) in [5.41, 5.74) is 13.7. The summed E-state index contributed by atoms with van der Waals surface area (Å²) in [6, 6.07) is 25.6. The minimum Gasteiger partial charge on any atom is -0.493 e. The second-order valence-electron chi connectivity index (χ2n) is 29.3. The number of aromatic amines is 3. The van der Waals surface area contributed by atoms with Crippen LogP contribution in [0.1, 0.15) is 251 Å². The van der Waals surface area contributed by atoms with Gasteiger partial charge in [0.1, 0.15) is 11.5 Å². The molecule has 0 spiro atoms. The Kier molecular flexibility index (Phi) is 19.3. The molecule has 6 aromatic rings. The van der Waals surface area contributed by atoms with E-state index in [1.807, 2.05) is 30.5 Å². The third kappa shape index (κ3) is 16.8. The minimum absolute atomic E-state index is 0.0579. The van der Waals surface area contributed by atoms with Gasteiger partial charge in [0.05, 0.1) is 30.3 Å². The molecule has 3 N–H and O–H groups in total. The van der Waals surface area contributed by atoms with E-state index in [0.717, 1.165) is 63.4 Å².